The van der Waals surface area contributed by atoms with Crippen LogP contribution >= 0.6 is 11.5 Å². The van der Waals surface area contributed by atoms with Crippen LogP contribution in [-0.4, -0.2) is 42.3 Å². The van der Waals surface area contributed by atoms with Gasteiger partial charge in [-0.05, 0) is 0 Å². The minimum absolute atomic E-state index is 0.215. The predicted molar refractivity (Wildman–Crippen MR) is 71.3 cm³/mol. The normalized spacial score (nSPS) is 18.7. The van der Waals surface area contributed by atoms with Gasteiger partial charge in [-0.15, -0.1) is 0 Å². The summed E-state index contributed by atoms with van der Waals surface area (Å²) >= 11 is 0.714. The summed E-state index contributed by atoms with van der Waals surface area (Å²) in [6.07, 6.45) is -2.51. The summed E-state index contributed by atoms with van der Waals surface area (Å²) in [6, 6.07) is 0. The van der Waals surface area contributed by atoms with Crippen molar-refractivity contribution in [1.29, 1.82) is 0 Å². The Bertz CT molecular complexity index is 661. The number of anilines is 1. The lowest BCUT2D eigenvalue weighted by atomic mass is 9.91. The van der Waals surface area contributed by atoms with Crippen LogP contribution in [-0.2, 0) is 18.8 Å². The molecule has 2 aromatic heterocycles. The van der Waals surface area contributed by atoms with Gasteiger partial charge in [0, 0.05) is 44.5 Å². The summed E-state index contributed by atoms with van der Waals surface area (Å²) < 4.78 is 42.4. The highest BCUT2D eigenvalue weighted by molar-refractivity contribution is 7.09. The number of aryl methyl sites for hydroxylation is 1. The molecule has 0 spiro atoms. The third-order valence-corrected chi connectivity index (χ3v) is 4.43. The molecule has 0 radical (unpaired) electrons. The summed E-state index contributed by atoms with van der Waals surface area (Å²) in [4.78, 5) is 9.27. The molecule has 0 unspecified atom stereocenters. The van der Waals surface area contributed by atoms with E-state index in [1.807, 2.05) is 0 Å². The highest BCUT2D eigenvalue weighted by Gasteiger charge is 2.40. The highest BCUT2D eigenvalue weighted by Crippen LogP contribution is 2.35. The van der Waals surface area contributed by atoms with Gasteiger partial charge in [0.15, 0.2) is 5.82 Å². The lowest BCUT2D eigenvalue weighted by Gasteiger charge is -2.36. The molecule has 22 heavy (non-hydrogen) atoms. The van der Waals surface area contributed by atoms with Crippen LogP contribution in [0.25, 0.3) is 0 Å². The van der Waals surface area contributed by atoms with E-state index in [0.717, 1.165) is 0 Å². The molecular weight excluding hydrogens is 321 g/mol. The third-order valence-electron chi connectivity index (χ3n) is 3.66. The van der Waals surface area contributed by atoms with Crippen molar-refractivity contribution >= 4 is 16.7 Å². The molecule has 1 saturated heterocycles. The molecule has 1 aliphatic heterocycles. The molecule has 1 aliphatic rings. The number of aliphatic hydroxyl groups is 1. The molecule has 3 rings (SSSR count). The van der Waals surface area contributed by atoms with Gasteiger partial charge in [0.25, 0.3) is 0 Å². The summed E-state index contributed by atoms with van der Waals surface area (Å²) in [5.74, 6) is -0.665. The van der Waals surface area contributed by atoms with E-state index in [0.29, 0.717) is 43.3 Å². The Morgan fingerprint density at radius 2 is 2.00 bits per heavy atom. The molecule has 3 heterocycles. The fourth-order valence-electron chi connectivity index (χ4n) is 2.47. The number of piperidine rings is 1. The Balaban J connectivity index is 1.72. The molecule has 0 bridgehead atoms. The SMILES string of the molecule is Cn1ncnc1C1(O)CCN(c2nc(C(F)(F)F)ns2)CC1. The highest BCUT2D eigenvalue weighted by atomic mass is 32.1. The van der Waals surface area contributed by atoms with Crippen LogP contribution in [0.15, 0.2) is 6.33 Å². The summed E-state index contributed by atoms with van der Waals surface area (Å²) in [5.41, 5.74) is -1.13. The van der Waals surface area contributed by atoms with Crippen LogP contribution in [0.4, 0.5) is 18.3 Å². The molecule has 0 aromatic carbocycles. The van der Waals surface area contributed by atoms with E-state index in [1.165, 1.54) is 11.0 Å². The van der Waals surface area contributed by atoms with Crippen molar-refractivity contribution in [3.63, 3.8) is 0 Å². The second-order valence-electron chi connectivity index (χ2n) is 5.12. The first kappa shape index (κ1) is 15.2. The Kier molecular flexibility index (Phi) is 3.56. The van der Waals surface area contributed by atoms with Gasteiger partial charge in [0.05, 0.1) is 0 Å². The first-order valence-electron chi connectivity index (χ1n) is 6.52. The Labute approximate surface area is 127 Å². The fraction of sp³-hybridized carbons (Fsp3) is 0.636. The van der Waals surface area contributed by atoms with Crippen molar-refractivity contribution in [2.75, 3.05) is 18.0 Å². The predicted octanol–water partition coefficient (Wildman–Crippen LogP) is 1.17. The topological polar surface area (TPSA) is 80.0 Å². The summed E-state index contributed by atoms with van der Waals surface area (Å²) in [6.45, 7) is 0.742. The van der Waals surface area contributed by atoms with E-state index in [4.69, 9.17) is 0 Å². The molecule has 1 fully saturated rings. The average molecular weight is 334 g/mol. The second kappa shape index (κ2) is 5.16. The van der Waals surface area contributed by atoms with Crippen LogP contribution < -0.4 is 4.90 Å². The number of hydrogen-bond acceptors (Lipinski definition) is 7. The molecule has 0 amide bonds. The third kappa shape index (κ3) is 2.65. The fourth-order valence-corrected chi connectivity index (χ4v) is 3.21. The van der Waals surface area contributed by atoms with E-state index < -0.39 is 17.6 Å². The molecule has 2 aromatic rings. The average Bonchev–Trinajstić information content (AvgIpc) is 3.08. The zero-order chi connectivity index (χ0) is 16.0. The van der Waals surface area contributed by atoms with E-state index in [-0.39, 0.29) is 5.13 Å². The van der Waals surface area contributed by atoms with E-state index in [9.17, 15) is 18.3 Å². The number of hydrogen-bond donors (Lipinski definition) is 1. The van der Waals surface area contributed by atoms with Crippen molar-refractivity contribution in [3.8, 4) is 0 Å². The van der Waals surface area contributed by atoms with Gasteiger partial charge in [0.2, 0.25) is 11.0 Å². The van der Waals surface area contributed by atoms with Crippen molar-refractivity contribution < 1.29 is 18.3 Å². The molecule has 0 atom stereocenters. The monoisotopic (exact) mass is 334 g/mol. The van der Waals surface area contributed by atoms with E-state index in [2.05, 4.69) is 19.4 Å². The van der Waals surface area contributed by atoms with Crippen molar-refractivity contribution in [2.24, 2.45) is 7.05 Å². The maximum absolute atomic E-state index is 12.5. The first-order chi connectivity index (χ1) is 10.3. The quantitative estimate of drug-likeness (QED) is 0.888. The maximum Gasteiger partial charge on any atom is 0.452 e. The number of alkyl halides is 3. The molecule has 1 N–H and O–H groups in total. The minimum Gasteiger partial charge on any atom is -0.382 e. The van der Waals surface area contributed by atoms with Gasteiger partial charge >= 0.3 is 6.18 Å². The molecule has 0 aliphatic carbocycles. The van der Waals surface area contributed by atoms with E-state index in [1.54, 1.807) is 11.9 Å². The lowest BCUT2D eigenvalue weighted by molar-refractivity contribution is -0.144. The summed E-state index contributed by atoms with van der Waals surface area (Å²) in [7, 11) is 1.69. The number of halogens is 3. The number of rotatable bonds is 2. The van der Waals surface area contributed by atoms with Crippen LogP contribution in [0.2, 0.25) is 0 Å². The number of nitrogens with zero attached hydrogens (tertiary/aromatic N) is 6. The van der Waals surface area contributed by atoms with Crippen LogP contribution in [0.1, 0.15) is 24.5 Å². The zero-order valence-electron chi connectivity index (χ0n) is 11.6. The Hall–Kier alpha value is -1.75. The molecule has 0 saturated carbocycles. The van der Waals surface area contributed by atoms with Crippen LogP contribution in [0, 0.1) is 0 Å². The molecule has 120 valence electrons. The molecule has 7 nitrogen and oxygen atoms in total. The lowest BCUT2D eigenvalue weighted by Crippen LogP contribution is -2.44. The van der Waals surface area contributed by atoms with Gasteiger partial charge in [-0.3, -0.25) is 4.68 Å². The molecule has 11 heteroatoms. The van der Waals surface area contributed by atoms with Crippen molar-refractivity contribution in [3.05, 3.63) is 18.0 Å². The first-order valence-corrected chi connectivity index (χ1v) is 7.30. The molecular formula is C11H13F3N6OS. The van der Waals surface area contributed by atoms with E-state index >= 15 is 0 Å². The van der Waals surface area contributed by atoms with Crippen molar-refractivity contribution in [1.82, 2.24) is 24.1 Å². The van der Waals surface area contributed by atoms with Gasteiger partial charge in [-0.2, -0.15) is 27.6 Å². The second-order valence-corrected chi connectivity index (χ2v) is 5.85. The number of aromatic nitrogens is 5. The van der Waals surface area contributed by atoms with Crippen LogP contribution in [0.5, 0.6) is 0 Å². The smallest absolute Gasteiger partial charge is 0.382 e. The maximum atomic E-state index is 12.5. The van der Waals surface area contributed by atoms with Crippen LogP contribution in [0.3, 0.4) is 0 Å². The zero-order valence-corrected chi connectivity index (χ0v) is 12.4. The largest absolute Gasteiger partial charge is 0.452 e. The minimum atomic E-state index is -4.54. The standard InChI is InChI=1S/C11H13F3N6OS/c1-19-8(15-6-16-19)10(21)2-4-20(5-3-10)9-17-7(18-22-9)11(12,13)14/h6,21H,2-5H2,1H3. The van der Waals surface area contributed by atoms with Gasteiger partial charge in [-0.25, -0.2) is 4.98 Å². The van der Waals surface area contributed by atoms with Gasteiger partial charge in [-0.1, -0.05) is 0 Å². The summed E-state index contributed by atoms with van der Waals surface area (Å²) in [5, 5.41) is 14.8. The Morgan fingerprint density at radius 1 is 1.32 bits per heavy atom. The van der Waals surface area contributed by atoms with Gasteiger partial charge < -0.3 is 10.0 Å². The Morgan fingerprint density at radius 3 is 2.50 bits per heavy atom. The van der Waals surface area contributed by atoms with Gasteiger partial charge in [0.1, 0.15) is 11.9 Å². The van der Waals surface area contributed by atoms with Crippen molar-refractivity contribution in [2.45, 2.75) is 24.6 Å².